The third kappa shape index (κ3) is 5.96. The fourth-order valence-electron chi connectivity index (χ4n) is 2.98. The molecule has 1 aromatic heterocycles. The number of anilines is 1. The van der Waals surface area contributed by atoms with Crippen LogP contribution in [0.4, 0.5) is 5.82 Å². The van der Waals surface area contributed by atoms with Crippen LogP contribution in [0.1, 0.15) is 11.1 Å². The van der Waals surface area contributed by atoms with Crippen LogP contribution >= 0.6 is 24.0 Å². The molecule has 2 aromatic carbocycles. The van der Waals surface area contributed by atoms with E-state index < -0.39 is 0 Å². The Bertz CT molecular complexity index is 974. The highest BCUT2D eigenvalue weighted by Crippen LogP contribution is 2.22. The van der Waals surface area contributed by atoms with Gasteiger partial charge in [-0.3, -0.25) is 4.99 Å². The molecule has 0 bridgehead atoms. The summed E-state index contributed by atoms with van der Waals surface area (Å²) in [7, 11) is 7.46. The van der Waals surface area contributed by atoms with Gasteiger partial charge in [0.1, 0.15) is 11.6 Å². The van der Waals surface area contributed by atoms with Crippen LogP contribution in [0.3, 0.4) is 0 Å². The number of ether oxygens (including phenoxy) is 1. The fraction of sp³-hybridized carbons (Fsp3) is 0.273. The number of guanidine groups is 1. The second-order valence-corrected chi connectivity index (χ2v) is 6.68. The third-order valence-corrected chi connectivity index (χ3v) is 4.51. The second-order valence-electron chi connectivity index (χ2n) is 6.68. The third-order valence-electron chi connectivity index (χ3n) is 4.51. The number of halogens is 1. The van der Waals surface area contributed by atoms with E-state index in [2.05, 4.69) is 33.8 Å². The van der Waals surface area contributed by atoms with E-state index in [1.807, 2.05) is 55.4 Å². The number of rotatable bonds is 6. The Morgan fingerprint density at radius 2 is 1.79 bits per heavy atom. The van der Waals surface area contributed by atoms with E-state index in [-0.39, 0.29) is 24.0 Å². The zero-order chi connectivity index (χ0) is 19.9. The van der Waals surface area contributed by atoms with Crippen LogP contribution in [-0.4, -0.2) is 39.2 Å². The second kappa shape index (κ2) is 10.8. The van der Waals surface area contributed by atoms with E-state index in [0.717, 1.165) is 34.0 Å². The smallest absolute Gasteiger partial charge is 0.191 e. The molecule has 6 nitrogen and oxygen atoms in total. The van der Waals surface area contributed by atoms with E-state index in [1.165, 1.54) is 5.56 Å². The van der Waals surface area contributed by atoms with Crippen LogP contribution in [0.25, 0.3) is 10.9 Å². The molecule has 2 N–H and O–H groups in total. The standard InChI is InChI=1S/C22H27N5O.HI/c1-23-22(24-14-16-8-7-9-18(12-16)28-4)25-15-17-13-21(27(2)3)26-20-11-6-5-10-19(17)20;/h5-13H,14-15H2,1-4H3,(H2,23,24,25);1H. The number of benzene rings is 2. The summed E-state index contributed by atoms with van der Waals surface area (Å²) >= 11 is 0. The van der Waals surface area contributed by atoms with E-state index in [1.54, 1.807) is 14.2 Å². The van der Waals surface area contributed by atoms with Gasteiger partial charge in [0.15, 0.2) is 5.96 Å². The molecule has 0 radical (unpaired) electrons. The van der Waals surface area contributed by atoms with Crippen LogP contribution < -0.4 is 20.3 Å². The van der Waals surface area contributed by atoms with Crippen LogP contribution in [0.5, 0.6) is 5.75 Å². The number of aliphatic imine (C=N–C) groups is 1. The highest BCUT2D eigenvalue weighted by molar-refractivity contribution is 14.0. The lowest BCUT2D eigenvalue weighted by atomic mass is 10.1. The average Bonchev–Trinajstić information content (AvgIpc) is 2.73. The number of hydrogen-bond acceptors (Lipinski definition) is 4. The van der Waals surface area contributed by atoms with Crippen molar-refractivity contribution in [1.82, 2.24) is 15.6 Å². The molecular weight excluding hydrogens is 477 g/mol. The predicted molar refractivity (Wildman–Crippen MR) is 132 cm³/mol. The molecule has 0 spiro atoms. The summed E-state index contributed by atoms with van der Waals surface area (Å²) in [5, 5.41) is 7.90. The molecule has 0 atom stereocenters. The molecule has 3 rings (SSSR count). The van der Waals surface area contributed by atoms with Gasteiger partial charge in [0.25, 0.3) is 0 Å². The molecule has 1 heterocycles. The molecule has 3 aromatic rings. The molecule has 0 saturated heterocycles. The van der Waals surface area contributed by atoms with Gasteiger partial charge >= 0.3 is 0 Å². The van der Waals surface area contributed by atoms with E-state index in [9.17, 15) is 0 Å². The maximum atomic E-state index is 5.28. The highest BCUT2D eigenvalue weighted by atomic mass is 127. The minimum Gasteiger partial charge on any atom is -0.497 e. The van der Waals surface area contributed by atoms with Gasteiger partial charge in [-0.25, -0.2) is 4.98 Å². The Kier molecular flexibility index (Phi) is 8.50. The Morgan fingerprint density at radius 1 is 1.03 bits per heavy atom. The lowest BCUT2D eigenvalue weighted by Gasteiger charge is -2.17. The van der Waals surface area contributed by atoms with Crippen molar-refractivity contribution in [2.24, 2.45) is 4.99 Å². The van der Waals surface area contributed by atoms with Crippen LogP contribution in [0.2, 0.25) is 0 Å². The van der Waals surface area contributed by atoms with E-state index in [4.69, 9.17) is 9.72 Å². The summed E-state index contributed by atoms with van der Waals surface area (Å²) in [6.07, 6.45) is 0. The van der Waals surface area contributed by atoms with Crippen molar-refractivity contribution >= 4 is 46.7 Å². The first kappa shape index (κ1) is 22.7. The zero-order valence-electron chi connectivity index (χ0n) is 17.3. The summed E-state index contributed by atoms with van der Waals surface area (Å²) in [5.74, 6) is 2.53. The summed E-state index contributed by atoms with van der Waals surface area (Å²) in [6, 6.07) is 18.3. The SMILES string of the molecule is CN=C(NCc1cccc(OC)c1)NCc1cc(N(C)C)nc2ccccc12.I. The largest absolute Gasteiger partial charge is 0.497 e. The van der Waals surface area contributed by atoms with Crippen molar-refractivity contribution < 1.29 is 4.74 Å². The predicted octanol–water partition coefficient (Wildman–Crippen LogP) is 3.79. The number of nitrogens with one attached hydrogen (secondary N) is 2. The maximum Gasteiger partial charge on any atom is 0.191 e. The molecule has 0 fully saturated rings. The van der Waals surface area contributed by atoms with Crippen molar-refractivity contribution in [3.8, 4) is 5.75 Å². The molecule has 7 heteroatoms. The van der Waals surface area contributed by atoms with Crippen LogP contribution in [0, 0.1) is 0 Å². The van der Waals surface area contributed by atoms with Gasteiger partial charge in [0, 0.05) is 39.6 Å². The van der Waals surface area contributed by atoms with Crippen LogP contribution in [0.15, 0.2) is 59.6 Å². The Labute approximate surface area is 189 Å². The van der Waals surface area contributed by atoms with Gasteiger partial charge in [-0.05, 0) is 35.4 Å². The first-order valence-corrected chi connectivity index (χ1v) is 9.24. The van der Waals surface area contributed by atoms with Crippen LogP contribution in [-0.2, 0) is 13.1 Å². The summed E-state index contributed by atoms with van der Waals surface area (Å²) in [5.41, 5.74) is 3.30. The molecule has 0 aliphatic carbocycles. The van der Waals surface area contributed by atoms with Gasteiger partial charge in [0.2, 0.25) is 0 Å². The van der Waals surface area contributed by atoms with Crippen molar-refractivity contribution in [2.75, 3.05) is 33.2 Å². The van der Waals surface area contributed by atoms with E-state index in [0.29, 0.717) is 13.1 Å². The first-order valence-electron chi connectivity index (χ1n) is 9.24. The number of nitrogens with zero attached hydrogens (tertiary/aromatic N) is 3. The zero-order valence-corrected chi connectivity index (χ0v) is 19.6. The maximum absolute atomic E-state index is 5.28. The molecule has 154 valence electrons. The number of aromatic nitrogens is 1. The van der Waals surface area contributed by atoms with Gasteiger partial charge < -0.3 is 20.3 Å². The average molecular weight is 505 g/mol. The van der Waals surface area contributed by atoms with Gasteiger partial charge in [-0.15, -0.1) is 24.0 Å². The lowest BCUT2D eigenvalue weighted by molar-refractivity contribution is 0.414. The number of para-hydroxylation sites is 1. The fourth-order valence-corrected chi connectivity index (χ4v) is 2.98. The number of pyridine rings is 1. The summed E-state index contributed by atoms with van der Waals surface area (Å²) in [6.45, 7) is 1.32. The molecule has 29 heavy (non-hydrogen) atoms. The highest BCUT2D eigenvalue weighted by Gasteiger charge is 2.08. The number of hydrogen-bond donors (Lipinski definition) is 2. The summed E-state index contributed by atoms with van der Waals surface area (Å²) in [4.78, 5) is 11.1. The Morgan fingerprint density at radius 3 is 2.52 bits per heavy atom. The van der Waals surface area contributed by atoms with Gasteiger partial charge in [-0.1, -0.05) is 30.3 Å². The topological polar surface area (TPSA) is 61.8 Å². The number of methoxy groups -OCH3 is 1. The molecule has 0 amide bonds. The van der Waals surface area contributed by atoms with Crippen molar-refractivity contribution in [1.29, 1.82) is 0 Å². The number of fused-ring (bicyclic) bond motifs is 1. The summed E-state index contributed by atoms with van der Waals surface area (Å²) < 4.78 is 5.28. The first-order chi connectivity index (χ1) is 13.6. The quantitative estimate of drug-likeness (QED) is 0.303. The normalized spacial score (nSPS) is 11.0. The molecule has 0 aliphatic rings. The molecule has 0 aliphatic heterocycles. The molecular formula is C22H28IN5O. The Hall–Kier alpha value is -2.55. The Balaban J connectivity index is 0.00000300. The van der Waals surface area contributed by atoms with Crippen molar-refractivity contribution in [2.45, 2.75) is 13.1 Å². The minimum atomic E-state index is 0. The van der Waals surface area contributed by atoms with Gasteiger partial charge in [-0.2, -0.15) is 0 Å². The lowest BCUT2D eigenvalue weighted by Crippen LogP contribution is -2.36. The van der Waals surface area contributed by atoms with Crippen molar-refractivity contribution in [3.05, 3.63) is 65.7 Å². The van der Waals surface area contributed by atoms with Crippen molar-refractivity contribution in [3.63, 3.8) is 0 Å². The molecule has 0 unspecified atom stereocenters. The molecule has 0 saturated carbocycles. The van der Waals surface area contributed by atoms with E-state index >= 15 is 0 Å². The monoisotopic (exact) mass is 505 g/mol. The minimum absolute atomic E-state index is 0. The van der Waals surface area contributed by atoms with Gasteiger partial charge in [0.05, 0.1) is 12.6 Å².